The summed E-state index contributed by atoms with van der Waals surface area (Å²) in [5.41, 5.74) is 2.34. The third-order valence-corrected chi connectivity index (χ3v) is 5.65. The molecule has 0 aromatic rings. The highest BCUT2D eigenvalue weighted by molar-refractivity contribution is 5.75. The van der Waals surface area contributed by atoms with Gasteiger partial charge in [-0.2, -0.15) is 0 Å². The summed E-state index contributed by atoms with van der Waals surface area (Å²) in [6, 6.07) is 0. The van der Waals surface area contributed by atoms with Gasteiger partial charge in [-0.3, -0.25) is 15.0 Å². The van der Waals surface area contributed by atoms with Crippen LogP contribution in [0.3, 0.4) is 0 Å². The van der Waals surface area contributed by atoms with Crippen molar-refractivity contribution in [3.05, 3.63) is 0 Å². The summed E-state index contributed by atoms with van der Waals surface area (Å²) in [4.78, 5) is 23.6. The quantitative estimate of drug-likeness (QED) is 0.819. The van der Waals surface area contributed by atoms with Crippen LogP contribution < -0.4 is 5.43 Å². The molecule has 1 fully saturated rings. The van der Waals surface area contributed by atoms with Crippen molar-refractivity contribution in [2.45, 2.75) is 78.3 Å². The lowest BCUT2D eigenvalue weighted by Crippen LogP contribution is -2.72. The monoisotopic (exact) mass is 298 g/mol. The number of hydrogen-bond acceptors (Lipinski definition) is 3. The van der Waals surface area contributed by atoms with Crippen LogP contribution in [-0.4, -0.2) is 33.1 Å². The van der Waals surface area contributed by atoms with Crippen molar-refractivity contribution in [3.8, 4) is 0 Å². The summed E-state index contributed by atoms with van der Waals surface area (Å²) in [6.45, 7) is 12.0. The molecule has 1 heterocycles. The Bertz CT molecular complexity index is 412. The van der Waals surface area contributed by atoms with Crippen molar-refractivity contribution >= 4 is 11.9 Å². The standard InChI is InChI=1S/C16H30N2O3/c1-7-13(19)17-18-15(5,8-2)10-12(14(20)21)11(4)16(18,6)9-3/h11-12H,7-10H2,1-6H3,(H,17,19)(H,20,21). The first kappa shape index (κ1) is 18.0. The molecule has 1 aliphatic rings. The van der Waals surface area contributed by atoms with E-state index in [1.807, 2.05) is 13.8 Å². The fourth-order valence-electron chi connectivity index (χ4n) is 3.55. The van der Waals surface area contributed by atoms with E-state index in [-0.39, 0.29) is 28.8 Å². The highest BCUT2D eigenvalue weighted by atomic mass is 16.4. The maximum atomic E-state index is 11.9. The lowest BCUT2D eigenvalue weighted by Gasteiger charge is -2.59. The Morgan fingerprint density at radius 1 is 1.24 bits per heavy atom. The van der Waals surface area contributed by atoms with Gasteiger partial charge in [0.05, 0.1) is 5.92 Å². The fourth-order valence-corrected chi connectivity index (χ4v) is 3.55. The third-order valence-electron chi connectivity index (χ3n) is 5.65. The zero-order valence-corrected chi connectivity index (χ0v) is 14.2. The maximum Gasteiger partial charge on any atom is 0.306 e. The predicted octanol–water partition coefficient (Wildman–Crippen LogP) is 2.81. The Morgan fingerprint density at radius 2 is 1.81 bits per heavy atom. The van der Waals surface area contributed by atoms with Crippen molar-refractivity contribution in [2.75, 3.05) is 0 Å². The fraction of sp³-hybridized carbons (Fsp3) is 0.875. The molecule has 21 heavy (non-hydrogen) atoms. The van der Waals surface area contributed by atoms with Crippen LogP contribution in [0, 0.1) is 11.8 Å². The maximum absolute atomic E-state index is 11.9. The Balaban J connectivity index is 3.28. The van der Waals surface area contributed by atoms with Crippen molar-refractivity contribution in [1.82, 2.24) is 10.4 Å². The van der Waals surface area contributed by atoms with Gasteiger partial charge in [-0.15, -0.1) is 0 Å². The van der Waals surface area contributed by atoms with Gasteiger partial charge in [-0.1, -0.05) is 27.7 Å². The summed E-state index contributed by atoms with van der Waals surface area (Å²) in [7, 11) is 0. The number of carboxylic acids is 1. The highest BCUT2D eigenvalue weighted by Crippen LogP contribution is 2.47. The van der Waals surface area contributed by atoms with E-state index in [4.69, 9.17) is 0 Å². The minimum Gasteiger partial charge on any atom is -0.481 e. The normalized spacial score (nSPS) is 37.2. The molecule has 1 saturated heterocycles. The van der Waals surface area contributed by atoms with E-state index in [9.17, 15) is 14.7 Å². The van der Waals surface area contributed by atoms with Gasteiger partial charge in [0.15, 0.2) is 0 Å². The Kier molecular flexibility index (Phi) is 5.42. The van der Waals surface area contributed by atoms with Crippen molar-refractivity contribution in [1.29, 1.82) is 0 Å². The van der Waals surface area contributed by atoms with Crippen molar-refractivity contribution in [3.63, 3.8) is 0 Å². The molecule has 0 saturated carbocycles. The van der Waals surface area contributed by atoms with E-state index >= 15 is 0 Å². The second kappa shape index (κ2) is 6.34. The minimum atomic E-state index is -0.733. The second-order valence-corrected chi connectivity index (χ2v) is 6.72. The number of rotatable bonds is 5. The van der Waals surface area contributed by atoms with Crippen molar-refractivity contribution < 1.29 is 14.7 Å². The number of carbonyl (C=O) groups excluding carboxylic acids is 1. The minimum absolute atomic E-state index is 0.0182. The van der Waals surface area contributed by atoms with E-state index in [1.54, 1.807) is 0 Å². The number of carbonyl (C=O) groups is 2. The molecule has 0 radical (unpaired) electrons. The molecule has 5 nitrogen and oxygen atoms in total. The van der Waals surface area contributed by atoms with Crippen LogP contribution in [0.2, 0.25) is 0 Å². The van der Waals surface area contributed by atoms with Crippen molar-refractivity contribution in [2.24, 2.45) is 11.8 Å². The van der Waals surface area contributed by atoms with Crippen LogP contribution in [0.25, 0.3) is 0 Å². The number of carboxylic acid groups (broad SMARTS) is 1. The second-order valence-electron chi connectivity index (χ2n) is 6.72. The van der Waals surface area contributed by atoms with Crippen LogP contribution >= 0.6 is 0 Å². The Labute approximate surface area is 128 Å². The first-order valence-electron chi connectivity index (χ1n) is 7.98. The number of hydrazine groups is 1. The van der Waals surface area contributed by atoms with Crippen LogP contribution in [0.1, 0.15) is 67.2 Å². The molecule has 0 aromatic heterocycles. The SMILES string of the molecule is CCC(=O)NN1C(C)(CC)CC(C(=O)O)C(C)C1(C)CC. The van der Waals surface area contributed by atoms with E-state index in [0.717, 1.165) is 12.8 Å². The number of aliphatic carboxylic acids is 1. The topological polar surface area (TPSA) is 69.6 Å². The number of nitrogens with zero attached hydrogens (tertiary/aromatic N) is 1. The van der Waals surface area contributed by atoms with Gasteiger partial charge < -0.3 is 5.11 Å². The van der Waals surface area contributed by atoms with E-state index in [1.165, 1.54) is 0 Å². The van der Waals surface area contributed by atoms with Crippen LogP contribution in [0.5, 0.6) is 0 Å². The number of nitrogens with one attached hydrogen (secondary N) is 1. The molecule has 4 atom stereocenters. The highest BCUT2D eigenvalue weighted by Gasteiger charge is 2.55. The molecule has 2 N–H and O–H groups in total. The summed E-state index contributed by atoms with van der Waals surface area (Å²) in [5.74, 6) is -1.16. The van der Waals surface area contributed by atoms with E-state index < -0.39 is 5.97 Å². The average Bonchev–Trinajstić information content (AvgIpc) is 2.46. The smallest absolute Gasteiger partial charge is 0.306 e. The molecular formula is C16H30N2O3. The van der Waals surface area contributed by atoms with E-state index in [0.29, 0.717) is 12.8 Å². The summed E-state index contributed by atoms with van der Waals surface area (Å²) >= 11 is 0. The molecule has 0 aromatic carbocycles. The van der Waals surface area contributed by atoms with Gasteiger partial charge in [-0.05, 0) is 39.0 Å². The van der Waals surface area contributed by atoms with Gasteiger partial charge in [-0.25, -0.2) is 5.01 Å². The van der Waals surface area contributed by atoms with Gasteiger partial charge >= 0.3 is 5.97 Å². The number of amides is 1. The summed E-state index contributed by atoms with van der Waals surface area (Å²) < 4.78 is 0. The average molecular weight is 298 g/mol. The summed E-state index contributed by atoms with van der Waals surface area (Å²) in [6.07, 6.45) is 2.56. The van der Waals surface area contributed by atoms with Gasteiger partial charge in [0.2, 0.25) is 5.91 Å². The molecule has 1 amide bonds. The van der Waals surface area contributed by atoms with Gasteiger partial charge in [0, 0.05) is 17.5 Å². The van der Waals surface area contributed by atoms with Crippen LogP contribution in [0.4, 0.5) is 0 Å². The molecule has 1 aliphatic heterocycles. The molecule has 5 heteroatoms. The zero-order chi connectivity index (χ0) is 16.4. The first-order chi connectivity index (χ1) is 9.66. The molecule has 0 aliphatic carbocycles. The van der Waals surface area contributed by atoms with Crippen LogP contribution in [-0.2, 0) is 9.59 Å². The number of hydrogen-bond donors (Lipinski definition) is 2. The molecule has 122 valence electrons. The largest absolute Gasteiger partial charge is 0.481 e. The van der Waals surface area contributed by atoms with Gasteiger partial charge in [0.1, 0.15) is 0 Å². The molecule has 0 bridgehead atoms. The lowest BCUT2D eigenvalue weighted by atomic mass is 9.65. The Hall–Kier alpha value is -1.10. The zero-order valence-electron chi connectivity index (χ0n) is 14.2. The summed E-state index contributed by atoms with van der Waals surface area (Å²) in [5, 5.41) is 11.6. The van der Waals surface area contributed by atoms with Gasteiger partial charge in [0.25, 0.3) is 0 Å². The predicted molar refractivity (Wildman–Crippen MR) is 82.6 cm³/mol. The Morgan fingerprint density at radius 3 is 2.19 bits per heavy atom. The number of piperidine rings is 1. The molecule has 4 unspecified atom stereocenters. The molecular weight excluding hydrogens is 268 g/mol. The lowest BCUT2D eigenvalue weighted by molar-refractivity contribution is -0.175. The van der Waals surface area contributed by atoms with E-state index in [2.05, 4.69) is 38.1 Å². The first-order valence-corrected chi connectivity index (χ1v) is 7.98. The van der Waals surface area contributed by atoms with Crippen LogP contribution in [0.15, 0.2) is 0 Å². The molecule has 1 rings (SSSR count). The molecule has 0 spiro atoms. The third kappa shape index (κ3) is 3.07.